The summed E-state index contributed by atoms with van der Waals surface area (Å²) in [5.74, 6) is 1.76. The van der Waals surface area contributed by atoms with E-state index in [0.717, 1.165) is 59.0 Å². The summed E-state index contributed by atoms with van der Waals surface area (Å²) in [6.07, 6.45) is 1.86. The number of likely N-dealkylation sites (N-methyl/N-ethyl adjacent to an activating group) is 1. The second-order valence-corrected chi connectivity index (χ2v) is 7.49. The Balaban J connectivity index is 1.62. The maximum atomic E-state index is 6.12. The van der Waals surface area contributed by atoms with Crippen LogP contribution in [0.5, 0.6) is 5.75 Å². The minimum absolute atomic E-state index is 0.690. The fraction of sp³-hybridized carbons (Fsp3) is 0.214. The zero-order valence-corrected chi connectivity index (χ0v) is 18.3. The highest BCUT2D eigenvalue weighted by atomic mass is 16.5. The zero-order valence-electron chi connectivity index (χ0n) is 18.3. The molecule has 3 aromatic carbocycles. The molecule has 3 heteroatoms. The fourth-order valence-corrected chi connectivity index (χ4v) is 3.83. The van der Waals surface area contributed by atoms with Crippen molar-refractivity contribution in [3.63, 3.8) is 0 Å². The van der Waals surface area contributed by atoms with Crippen molar-refractivity contribution in [2.45, 2.75) is 13.8 Å². The van der Waals surface area contributed by atoms with E-state index in [0.29, 0.717) is 6.61 Å². The summed E-state index contributed by atoms with van der Waals surface area (Å²) < 4.78 is 12.1. The quantitative estimate of drug-likeness (QED) is 0.296. The van der Waals surface area contributed by atoms with E-state index in [-0.39, 0.29) is 0 Å². The molecule has 3 nitrogen and oxygen atoms in total. The molecule has 0 aliphatic heterocycles. The van der Waals surface area contributed by atoms with Gasteiger partial charge in [0.25, 0.3) is 0 Å². The van der Waals surface area contributed by atoms with E-state index < -0.39 is 0 Å². The van der Waals surface area contributed by atoms with Crippen LogP contribution in [-0.4, -0.2) is 31.1 Å². The van der Waals surface area contributed by atoms with E-state index in [2.05, 4.69) is 79.4 Å². The smallest absolute Gasteiger partial charge is 0.142 e. The lowest BCUT2D eigenvalue weighted by Gasteiger charge is -2.18. The maximum absolute atomic E-state index is 6.12. The maximum Gasteiger partial charge on any atom is 0.142 e. The number of ether oxygens (including phenoxy) is 1. The molecule has 4 rings (SSSR count). The van der Waals surface area contributed by atoms with Gasteiger partial charge in [-0.3, -0.25) is 0 Å². The lowest BCUT2D eigenvalue weighted by molar-refractivity contribution is 0.223. The van der Waals surface area contributed by atoms with Crippen molar-refractivity contribution in [1.82, 2.24) is 4.90 Å². The molecule has 0 fully saturated rings. The van der Waals surface area contributed by atoms with E-state index in [1.54, 1.807) is 0 Å². The highest BCUT2D eigenvalue weighted by Crippen LogP contribution is 2.41. The van der Waals surface area contributed by atoms with Gasteiger partial charge in [0, 0.05) is 23.2 Å². The molecule has 0 saturated heterocycles. The number of rotatable bonds is 9. The van der Waals surface area contributed by atoms with Gasteiger partial charge in [0.05, 0.1) is 6.26 Å². The molecule has 1 aromatic heterocycles. The average Bonchev–Trinajstić information content (AvgIpc) is 3.29. The Hall–Kier alpha value is -3.30. The molecule has 4 aromatic rings. The third-order valence-electron chi connectivity index (χ3n) is 5.63. The first-order chi connectivity index (χ1) is 15.3. The van der Waals surface area contributed by atoms with Crippen molar-refractivity contribution < 1.29 is 9.15 Å². The van der Waals surface area contributed by atoms with Crippen LogP contribution < -0.4 is 4.74 Å². The van der Waals surface area contributed by atoms with Gasteiger partial charge in [0.2, 0.25) is 0 Å². The van der Waals surface area contributed by atoms with Crippen LogP contribution in [0.2, 0.25) is 0 Å². The number of hydrogen-bond acceptors (Lipinski definition) is 3. The van der Waals surface area contributed by atoms with Crippen LogP contribution in [0.4, 0.5) is 0 Å². The molecule has 0 radical (unpaired) electrons. The second-order valence-electron chi connectivity index (χ2n) is 7.49. The molecule has 0 aliphatic carbocycles. The van der Waals surface area contributed by atoms with Crippen molar-refractivity contribution in [2.24, 2.45) is 0 Å². The van der Waals surface area contributed by atoms with Crippen molar-refractivity contribution in [2.75, 3.05) is 26.2 Å². The van der Waals surface area contributed by atoms with Crippen LogP contribution in [0.25, 0.3) is 33.6 Å². The molecule has 0 bridgehead atoms. The summed E-state index contributed by atoms with van der Waals surface area (Å²) in [5.41, 5.74) is 5.54. The molecule has 0 aliphatic rings. The van der Waals surface area contributed by atoms with Gasteiger partial charge in [-0.25, -0.2) is 0 Å². The number of furan rings is 1. The fourth-order valence-electron chi connectivity index (χ4n) is 3.83. The first-order valence-electron chi connectivity index (χ1n) is 11.0. The molecule has 158 valence electrons. The molecule has 0 atom stereocenters. The summed E-state index contributed by atoms with van der Waals surface area (Å²) in [4.78, 5) is 2.36. The summed E-state index contributed by atoms with van der Waals surface area (Å²) in [5, 5.41) is 0. The molecular formula is C28H29NO2. The van der Waals surface area contributed by atoms with E-state index in [1.165, 1.54) is 0 Å². The third-order valence-corrected chi connectivity index (χ3v) is 5.63. The van der Waals surface area contributed by atoms with Gasteiger partial charge in [-0.2, -0.15) is 0 Å². The topological polar surface area (TPSA) is 25.6 Å². The van der Waals surface area contributed by atoms with Crippen LogP contribution in [0.15, 0.2) is 95.6 Å². The highest BCUT2D eigenvalue weighted by molar-refractivity contribution is 5.92. The van der Waals surface area contributed by atoms with Gasteiger partial charge in [-0.05, 0) is 48.5 Å². The Labute approximate surface area is 184 Å². The van der Waals surface area contributed by atoms with Crippen LogP contribution in [0, 0.1) is 0 Å². The monoisotopic (exact) mass is 411 g/mol. The van der Waals surface area contributed by atoms with Crippen LogP contribution >= 0.6 is 0 Å². The van der Waals surface area contributed by atoms with Crippen LogP contribution in [0.1, 0.15) is 13.8 Å². The SMILES string of the molecule is CCN(CC)CCOc1ccc(-c2occ(-c3ccccc3)c2-c2ccccc2)cc1. The molecule has 1 heterocycles. The lowest BCUT2D eigenvalue weighted by atomic mass is 9.94. The molecule has 0 unspecified atom stereocenters. The van der Waals surface area contributed by atoms with E-state index in [4.69, 9.17) is 9.15 Å². The normalized spacial score (nSPS) is 11.1. The van der Waals surface area contributed by atoms with Gasteiger partial charge in [0.1, 0.15) is 18.1 Å². The Bertz CT molecular complexity index is 1070. The predicted octanol–water partition coefficient (Wildman–Crippen LogP) is 7.00. The third kappa shape index (κ3) is 4.89. The minimum Gasteiger partial charge on any atom is -0.492 e. The van der Waals surface area contributed by atoms with Crippen molar-refractivity contribution >= 4 is 0 Å². The average molecular weight is 412 g/mol. The minimum atomic E-state index is 0.690. The van der Waals surface area contributed by atoms with Gasteiger partial charge in [-0.15, -0.1) is 0 Å². The Morgan fingerprint density at radius 3 is 1.94 bits per heavy atom. The Morgan fingerprint density at radius 2 is 1.32 bits per heavy atom. The van der Waals surface area contributed by atoms with Crippen LogP contribution in [0.3, 0.4) is 0 Å². The van der Waals surface area contributed by atoms with E-state index >= 15 is 0 Å². The van der Waals surface area contributed by atoms with Crippen LogP contribution in [-0.2, 0) is 0 Å². The molecule has 0 amide bonds. The first-order valence-corrected chi connectivity index (χ1v) is 11.0. The Kier molecular flexibility index (Phi) is 6.85. The Morgan fingerprint density at radius 1 is 0.710 bits per heavy atom. The highest BCUT2D eigenvalue weighted by Gasteiger charge is 2.18. The van der Waals surface area contributed by atoms with Crippen molar-refractivity contribution in [3.05, 3.63) is 91.2 Å². The van der Waals surface area contributed by atoms with E-state index in [1.807, 2.05) is 30.5 Å². The zero-order chi connectivity index (χ0) is 21.5. The standard InChI is InChI=1S/C28H29NO2/c1-3-29(4-2)19-20-30-25-17-15-24(16-18-25)28-27(23-13-9-6-10-14-23)26(21-31-28)22-11-7-5-8-12-22/h5-18,21H,3-4,19-20H2,1-2H3. The predicted molar refractivity (Wildman–Crippen MR) is 128 cm³/mol. The molecule has 0 saturated carbocycles. The van der Waals surface area contributed by atoms with Gasteiger partial charge in [-0.1, -0.05) is 74.5 Å². The molecule has 0 spiro atoms. The van der Waals surface area contributed by atoms with Gasteiger partial charge < -0.3 is 14.1 Å². The largest absolute Gasteiger partial charge is 0.492 e. The number of hydrogen-bond donors (Lipinski definition) is 0. The first kappa shape index (κ1) is 21.0. The molecular weight excluding hydrogens is 382 g/mol. The van der Waals surface area contributed by atoms with E-state index in [9.17, 15) is 0 Å². The van der Waals surface area contributed by atoms with Gasteiger partial charge in [0.15, 0.2) is 0 Å². The number of benzene rings is 3. The lowest BCUT2D eigenvalue weighted by Crippen LogP contribution is -2.27. The van der Waals surface area contributed by atoms with Gasteiger partial charge >= 0.3 is 0 Å². The summed E-state index contributed by atoms with van der Waals surface area (Å²) in [6.45, 7) is 8.07. The molecule has 31 heavy (non-hydrogen) atoms. The summed E-state index contributed by atoms with van der Waals surface area (Å²) in [6, 6.07) is 29.0. The molecule has 0 N–H and O–H groups in total. The summed E-state index contributed by atoms with van der Waals surface area (Å²) in [7, 11) is 0. The summed E-state index contributed by atoms with van der Waals surface area (Å²) >= 11 is 0. The number of nitrogens with zero attached hydrogens (tertiary/aromatic N) is 1. The second kappa shape index (κ2) is 10.1. The van der Waals surface area contributed by atoms with Crippen molar-refractivity contribution in [3.8, 4) is 39.3 Å². The van der Waals surface area contributed by atoms with Crippen molar-refractivity contribution in [1.29, 1.82) is 0 Å².